The zero-order valence-corrected chi connectivity index (χ0v) is 12.6. The van der Waals surface area contributed by atoms with Crippen molar-refractivity contribution < 1.29 is 4.74 Å². The average Bonchev–Trinajstić information content (AvgIpc) is 2.51. The van der Waals surface area contributed by atoms with Gasteiger partial charge in [-0.2, -0.15) is 0 Å². The molecule has 1 unspecified atom stereocenters. The van der Waals surface area contributed by atoms with Crippen molar-refractivity contribution in [1.29, 1.82) is 0 Å². The van der Waals surface area contributed by atoms with Crippen LogP contribution in [0.5, 0.6) is 5.75 Å². The molecule has 1 N–H and O–H groups in total. The van der Waals surface area contributed by atoms with Crippen molar-refractivity contribution in [1.82, 2.24) is 15.1 Å². The lowest BCUT2D eigenvalue weighted by atomic mass is 9.91. The molecule has 114 valence electrons. The van der Waals surface area contributed by atoms with Crippen LogP contribution in [0.3, 0.4) is 0 Å². The maximum Gasteiger partial charge on any atom is 0.122 e. The Morgan fingerprint density at radius 3 is 2.81 bits per heavy atom. The third-order valence-electron chi connectivity index (χ3n) is 5.17. The molecule has 0 saturated carbocycles. The van der Waals surface area contributed by atoms with Gasteiger partial charge in [-0.15, -0.1) is 0 Å². The van der Waals surface area contributed by atoms with Crippen molar-refractivity contribution in [3.63, 3.8) is 0 Å². The Bertz CT molecular complexity index is 481. The minimum atomic E-state index is 0.652. The molecule has 4 nitrogen and oxygen atoms in total. The van der Waals surface area contributed by atoms with Gasteiger partial charge < -0.3 is 10.1 Å². The van der Waals surface area contributed by atoms with Crippen molar-refractivity contribution in [3.05, 3.63) is 29.8 Å². The monoisotopic (exact) mass is 287 g/mol. The molecule has 1 atom stereocenters. The van der Waals surface area contributed by atoms with Gasteiger partial charge in [0.15, 0.2) is 0 Å². The number of benzene rings is 1. The van der Waals surface area contributed by atoms with E-state index < -0.39 is 0 Å². The SMILES string of the molecule is c1ccc2c(c1)OCCC2CN1CC(N2CCNCC2)C1. The number of piperazine rings is 1. The first-order valence-corrected chi connectivity index (χ1v) is 8.29. The highest BCUT2D eigenvalue weighted by molar-refractivity contribution is 5.38. The lowest BCUT2D eigenvalue weighted by Crippen LogP contribution is -2.63. The fraction of sp³-hybridized carbons (Fsp3) is 0.647. The summed E-state index contributed by atoms with van der Waals surface area (Å²) in [5.41, 5.74) is 1.41. The number of para-hydroxylation sites is 1. The Hall–Kier alpha value is -1.10. The van der Waals surface area contributed by atoms with Crippen molar-refractivity contribution in [2.75, 3.05) is 52.4 Å². The fourth-order valence-electron chi connectivity index (χ4n) is 3.89. The van der Waals surface area contributed by atoms with Gasteiger partial charge in [0.25, 0.3) is 0 Å². The summed E-state index contributed by atoms with van der Waals surface area (Å²) in [5.74, 6) is 1.76. The molecular weight excluding hydrogens is 262 g/mol. The molecule has 1 aromatic carbocycles. The molecule has 4 rings (SSSR count). The Balaban J connectivity index is 1.32. The number of rotatable bonds is 3. The van der Waals surface area contributed by atoms with Crippen molar-refractivity contribution in [3.8, 4) is 5.75 Å². The second-order valence-electron chi connectivity index (χ2n) is 6.53. The van der Waals surface area contributed by atoms with Crippen molar-refractivity contribution in [2.24, 2.45) is 0 Å². The molecule has 3 heterocycles. The highest BCUT2D eigenvalue weighted by Crippen LogP contribution is 2.34. The first-order chi connectivity index (χ1) is 10.4. The zero-order chi connectivity index (χ0) is 14.1. The fourth-order valence-corrected chi connectivity index (χ4v) is 3.89. The van der Waals surface area contributed by atoms with E-state index in [1.807, 2.05) is 0 Å². The van der Waals surface area contributed by atoms with Crippen LogP contribution in [0, 0.1) is 0 Å². The summed E-state index contributed by atoms with van der Waals surface area (Å²) in [5, 5.41) is 3.44. The van der Waals surface area contributed by atoms with Crippen LogP contribution >= 0.6 is 0 Å². The Morgan fingerprint density at radius 2 is 1.95 bits per heavy atom. The molecule has 0 amide bonds. The zero-order valence-electron chi connectivity index (χ0n) is 12.6. The molecule has 0 spiro atoms. The highest BCUT2D eigenvalue weighted by Gasteiger charge is 2.34. The van der Waals surface area contributed by atoms with Crippen LogP contribution in [-0.4, -0.2) is 68.3 Å². The number of likely N-dealkylation sites (tertiary alicyclic amines) is 1. The van der Waals surface area contributed by atoms with Crippen LogP contribution in [0.15, 0.2) is 24.3 Å². The Kier molecular flexibility index (Phi) is 3.84. The maximum absolute atomic E-state index is 5.77. The summed E-state index contributed by atoms with van der Waals surface area (Å²) >= 11 is 0. The molecule has 2 fully saturated rings. The predicted molar refractivity (Wildman–Crippen MR) is 84.0 cm³/mol. The van der Waals surface area contributed by atoms with Crippen LogP contribution in [0.25, 0.3) is 0 Å². The van der Waals surface area contributed by atoms with E-state index in [4.69, 9.17) is 4.74 Å². The number of hydrogen-bond donors (Lipinski definition) is 1. The van der Waals surface area contributed by atoms with Crippen LogP contribution in [-0.2, 0) is 0 Å². The summed E-state index contributed by atoms with van der Waals surface area (Å²) in [6.45, 7) is 9.32. The van der Waals surface area contributed by atoms with E-state index >= 15 is 0 Å². The molecule has 2 saturated heterocycles. The predicted octanol–water partition coefficient (Wildman–Crippen LogP) is 1.14. The van der Waals surface area contributed by atoms with E-state index in [0.717, 1.165) is 37.9 Å². The van der Waals surface area contributed by atoms with E-state index in [-0.39, 0.29) is 0 Å². The van der Waals surface area contributed by atoms with E-state index in [1.54, 1.807) is 0 Å². The second kappa shape index (κ2) is 5.95. The van der Waals surface area contributed by atoms with E-state index in [1.165, 1.54) is 38.3 Å². The summed E-state index contributed by atoms with van der Waals surface area (Å²) in [7, 11) is 0. The first-order valence-electron chi connectivity index (χ1n) is 8.29. The first kappa shape index (κ1) is 13.6. The topological polar surface area (TPSA) is 27.7 Å². The molecule has 0 aromatic heterocycles. The quantitative estimate of drug-likeness (QED) is 0.902. The summed E-state index contributed by atoms with van der Waals surface area (Å²) < 4.78 is 5.77. The molecule has 1 aromatic rings. The van der Waals surface area contributed by atoms with Crippen molar-refractivity contribution in [2.45, 2.75) is 18.4 Å². The lowest BCUT2D eigenvalue weighted by Gasteiger charge is -2.48. The van der Waals surface area contributed by atoms with Crippen LogP contribution in [0.2, 0.25) is 0 Å². The minimum absolute atomic E-state index is 0.652. The van der Waals surface area contributed by atoms with E-state index in [0.29, 0.717) is 5.92 Å². The average molecular weight is 287 g/mol. The van der Waals surface area contributed by atoms with Gasteiger partial charge in [0.05, 0.1) is 6.61 Å². The normalized spacial score (nSPS) is 27.7. The maximum atomic E-state index is 5.77. The van der Waals surface area contributed by atoms with E-state index in [2.05, 4.69) is 39.4 Å². The standard InChI is InChI=1S/C17H25N3O/c1-2-4-17-16(3-1)14(5-10-21-17)11-19-12-15(13-19)20-8-6-18-7-9-20/h1-4,14-15,18H,5-13H2. The van der Waals surface area contributed by atoms with Gasteiger partial charge in [-0.1, -0.05) is 18.2 Å². The van der Waals surface area contributed by atoms with Gasteiger partial charge >= 0.3 is 0 Å². The van der Waals surface area contributed by atoms with Gasteiger partial charge in [-0.25, -0.2) is 0 Å². The molecule has 0 aliphatic carbocycles. The Morgan fingerprint density at radius 1 is 1.14 bits per heavy atom. The molecule has 3 aliphatic rings. The number of ether oxygens (including phenoxy) is 1. The number of hydrogen-bond acceptors (Lipinski definition) is 4. The van der Waals surface area contributed by atoms with Gasteiger partial charge in [0.1, 0.15) is 5.75 Å². The molecule has 21 heavy (non-hydrogen) atoms. The van der Waals surface area contributed by atoms with Gasteiger partial charge in [0, 0.05) is 57.8 Å². The Labute approximate surface area is 127 Å². The van der Waals surface area contributed by atoms with Crippen LogP contribution < -0.4 is 10.1 Å². The molecule has 4 heteroatoms. The smallest absolute Gasteiger partial charge is 0.122 e. The lowest BCUT2D eigenvalue weighted by molar-refractivity contribution is 0.0212. The summed E-state index contributed by atoms with van der Waals surface area (Å²) in [6, 6.07) is 9.36. The molecule has 0 radical (unpaired) electrons. The van der Waals surface area contributed by atoms with Crippen molar-refractivity contribution >= 4 is 0 Å². The molecule has 0 bridgehead atoms. The molecule has 3 aliphatic heterocycles. The number of nitrogens with one attached hydrogen (secondary N) is 1. The largest absolute Gasteiger partial charge is 0.493 e. The van der Waals surface area contributed by atoms with Gasteiger partial charge in [-0.3, -0.25) is 9.80 Å². The van der Waals surface area contributed by atoms with Crippen LogP contribution in [0.1, 0.15) is 17.9 Å². The van der Waals surface area contributed by atoms with Gasteiger partial charge in [0.2, 0.25) is 0 Å². The van der Waals surface area contributed by atoms with Gasteiger partial charge in [-0.05, 0) is 18.1 Å². The highest BCUT2D eigenvalue weighted by atomic mass is 16.5. The minimum Gasteiger partial charge on any atom is -0.493 e. The van der Waals surface area contributed by atoms with E-state index in [9.17, 15) is 0 Å². The second-order valence-corrected chi connectivity index (χ2v) is 6.53. The third kappa shape index (κ3) is 2.80. The number of nitrogens with zero attached hydrogens (tertiary/aromatic N) is 2. The third-order valence-corrected chi connectivity index (χ3v) is 5.17. The number of fused-ring (bicyclic) bond motifs is 1. The summed E-state index contributed by atoms with van der Waals surface area (Å²) in [4.78, 5) is 5.28. The summed E-state index contributed by atoms with van der Waals surface area (Å²) in [6.07, 6.45) is 1.16. The van der Waals surface area contributed by atoms with Crippen LogP contribution in [0.4, 0.5) is 0 Å². The molecular formula is C17H25N3O.